The number of nitrogens with two attached hydrogens (primary N) is 1. The number of pyridine rings is 1. The van der Waals surface area contributed by atoms with Crippen LogP contribution >= 0.6 is 0 Å². The zero-order chi connectivity index (χ0) is 10.7. The maximum absolute atomic E-state index is 5.51. The molecule has 1 atom stereocenters. The van der Waals surface area contributed by atoms with Gasteiger partial charge in [0.15, 0.2) is 0 Å². The highest BCUT2D eigenvalue weighted by Crippen LogP contribution is 2.16. The Bertz CT molecular complexity index is 422. The number of nitrogens with one attached hydrogen (secondary N) is 1. The van der Waals surface area contributed by atoms with Gasteiger partial charge < -0.3 is 0 Å². The molecule has 2 aromatic rings. The lowest BCUT2D eigenvalue weighted by Gasteiger charge is -2.12. The van der Waals surface area contributed by atoms with Gasteiger partial charge in [-0.25, -0.2) is 5.43 Å². The molecule has 0 aliphatic rings. The van der Waals surface area contributed by atoms with E-state index in [2.05, 4.69) is 15.5 Å². The summed E-state index contributed by atoms with van der Waals surface area (Å²) in [5, 5.41) is 4.29. The molecule has 2 heterocycles. The van der Waals surface area contributed by atoms with Crippen molar-refractivity contribution in [2.45, 2.75) is 6.04 Å². The Balaban J connectivity index is 2.33. The van der Waals surface area contributed by atoms with Gasteiger partial charge in [0.2, 0.25) is 0 Å². The monoisotopic (exact) mass is 203 g/mol. The Morgan fingerprint density at radius 3 is 2.73 bits per heavy atom. The lowest BCUT2D eigenvalue weighted by molar-refractivity contribution is 0.590. The van der Waals surface area contributed by atoms with Gasteiger partial charge in [0, 0.05) is 19.4 Å². The number of aromatic nitrogens is 3. The van der Waals surface area contributed by atoms with E-state index in [1.54, 1.807) is 10.9 Å². The number of rotatable bonds is 3. The second kappa shape index (κ2) is 4.20. The molecule has 2 aromatic heterocycles. The fourth-order valence-electron chi connectivity index (χ4n) is 1.46. The number of hydrazine groups is 1. The first kappa shape index (κ1) is 9.82. The zero-order valence-electron chi connectivity index (χ0n) is 8.46. The second-order valence-electron chi connectivity index (χ2n) is 3.27. The van der Waals surface area contributed by atoms with E-state index < -0.39 is 0 Å². The second-order valence-corrected chi connectivity index (χ2v) is 3.27. The molecule has 0 aliphatic heterocycles. The van der Waals surface area contributed by atoms with E-state index in [1.807, 2.05) is 37.5 Å². The van der Waals surface area contributed by atoms with Gasteiger partial charge in [0.25, 0.3) is 0 Å². The fourth-order valence-corrected chi connectivity index (χ4v) is 1.46. The highest BCUT2D eigenvalue weighted by atomic mass is 15.3. The molecule has 5 heteroatoms. The van der Waals surface area contributed by atoms with Gasteiger partial charge in [-0.2, -0.15) is 5.10 Å². The van der Waals surface area contributed by atoms with Crippen LogP contribution in [0.4, 0.5) is 0 Å². The Labute approximate surface area is 87.9 Å². The molecule has 0 saturated heterocycles. The molecular formula is C10H13N5. The summed E-state index contributed by atoms with van der Waals surface area (Å²) in [5.74, 6) is 5.51. The summed E-state index contributed by atoms with van der Waals surface area (Å²) in [6.07, 6.45) is 3.62. The largest absolute Gasteiger partial charge is 0.275 e. The Morgan fingerprint density at radius 2 is 2.20 bits per heavy atom. The van der Waals surface area contributed by atoms with E-state index in [1.165, 1.54) is 0 Å². The van der Waals surface area contributed by atoms with Gasteiger partial charge in [0.05, 0.1) is 11.4 Å². The van der Waals surface area contributed by atoms with Crippen LogP contribution in [-0.4, -0.2) is 14.8 Å². The SMILES string of the molecule is Cn1ccc(C(NN)c2ccccn2)n1. The minimum Gasteiger partial charge on any atom is -0.275 e. The van der Waals surface area contributed by atoms with Crippen molar-refractivity contribution in [3.05, 3.63) is 48.0 Å². The fraction of sp³-hybridized carbons (Fsp3) is 0.200. The van der Waals surface area contributed by atoms with E-state index in [9.17, 15) is 0 Å². The van der Waals surface area contributed by atoms with Crippen molar-refractivity contribution < 1.29 is 0 Å². The minimum atomic E-state index is -0.160. The molecule has 78 valence electrons. The Morgan fingerprint density at radius 1 is 1.33 bits per heavy atom. The quantitative estimate of drug-likeness (QED) is 0.558. The lowest BCUT2D eigenvalue weighted by Crippen LogP contribution is -2.29. The summed E-state index contributed by atoms with van der Waals surface area (Å²) in [7, 11) is 1.87. The Hall–Kier alpha value is -1.72. The summed E-state index contributed by atoms with van der Waals surface area (Å²) in [5.41, 5.74) is 4.43. The van der Waals surface area contributed by atoms with Gasteiger partial charge in [0.1, 0.15) is 6.04 Å². The molecule has 3 N–H and O–H groups in total. The maximum Gasteiger partial charge on any atom is 0.107 e. The standard InChI is InChI=1S/C10H13N5/c1-15-7-5-9(14-15)10(13-11)8-4-2-3-6-12-8/h2-7,10,13H,11H2,1H3. The normalized spacial score (nSPS) is 12.7. The topological polar surface area (TPSA) is 68.8 Å². The van der Waals surface area contributed by atoms with Crippen molar-refractivity contribution >= 4 is 0 Å². The van der Waals surface area contributed by atoms with Crippen LogP contribution in [-0.2, 0) is 7.05 Å². The summed E-state index contributed by atoms with van der Waals surface area (Å²) in [6.45, 7) is 0. The number of aryl methyl sites for hydroxylation is 1. The van der Waals surface area contributed by atoms with Gasteiger partial charge in [-0.05, 0) is 18.2 Å². The van der Waals surface area contributed by atoms with Crippen LogP contribution in [0.2, 0.25) is 0 Å². The predicted molar refractivity (Wildman–Crippen MR) is 56.6 cm³/mol. The van der Waals surface area contributed by atoms with Crippen LogP contribution < -0.4 is 11.3 Å². The highest BCUT2D eigenvalue weighted by molar-refractivity contribution is 5.20. The van der Waals surface area contributed by atoms with Crippen LogP contribution in [0, 0.1) is 0 Å². The molecule has 2 rings (SSSR count). The number of hydrogen-bond acceptors (Lipinski definition) is 4. The lowest BCUT2D eigenvalue weighted by atomic mass is 10.1. The Kier molecular flexibility index (Phi) is 2.75. The molecule has 0 radical (unpaired) electrons. The summed E-state index contributed by atoms with van der Waals surface area (Å²) < 4.78 is 1.74. The average Bonchev–Trinajstić information content (AvgIpc) is 2.68. The van der Waals surface area contributed by atoms with Crippen molar-refractivity contribution in [2.75, 3.05) is 0 Å². The van der Waals surface area contributed by atoms with Crippen molar-refractivity contribution in [3.63, 3.8) is 0 Å². The first-order valence-corrected chi connectivity index (χ1v) is 4.68. The maximum atomic E-state index is 5.51. The molecule has 15 heavy (non-hydrogen) atoms. The van der Waals surface area contributed by atoms with E-state index >= 15 is 0 Å². The average molecular weight is 203 g/mol. The molecule has 0 aromatic carbocycles. The molecule has 0 aliphatic carbocycles. The molecule has 0 saturated carbocycles. The molecule has 0 bridgehead atoms. The van der Waals surface area contributed by atoms with Gasteiger partial charge >= 0.3 is 0 Å². The van der Waals surface area contributed by atoms with Crippen LogP contribution in [0.3, 0.4) is 0 Å². The van der Waals surface area contributed by atoms with Crippen LogP contribution in [0.5, 0.6) is 0 Å². The third kappa shape index (κ3) is 2.03. The van der Waals surface area contributed by atoms with Gasteiger partial charge in [-0.1, -0.05) is 6.07 Å². The first-order chi connectivity index (χ1) is 7.31. The van der Waals surface area contributed by atoms with Crippen LogP contribution in [0.1, 0.15) is 17.4 Å². The van der Waals surface area contributed by atoms with E-state index in [0.717, 1.165) is 11.4 Å². The molecular weight excluding hydrogens is 190 g/mol. The van der Waals surface area contributed by atoms with Gasteiger partial charge in [-0.15, -0.1) is 0 Å². The van der Waals surface area contributed by atoms with Crippen molar-refractivity contribution in [1.29, 1.82) is 0 Å². The smallest absolute Gasteiger partial charge is 0.107 e. The van der Waals surface area contributed by atoms with E-state index in [4.69, 9.17) is 5.84 Å². The van der Waals surface area contributed by atoms with Crippen LogP contribution in [0.25, 0.3) is 0 Å². The third-order valence-corrected chi connectivity index (χ3v) is 2.18. The van der Waals surface area contributed by atoms with Crippen molar-refractivity contribution in [3.8, 4) is 0 Å². The van der Waals surface area contributed by atoms with E-state index in [-0.39, 0.29) is 6.04 Å². The number of nitrogens with zero attached hydrogens (tertiary/aromatic N) is 3. The zero-order valence-corrected chi connectivity index (χ0v) is 8.46. The molecule has 5 nitrogen and oxygen atoms in total. The molecule has 0 fully saturated rings. The van der Waals surface area contributed by atoms with Crippen molar-refractivity contribution in [1.82, 2.24) is 20.2 Å². The first-order valence-electron chi connectivity index (χ1n) is 4.68. The predicted octanol–water partition coefficient (Wildman–Crippen LogP) is 0.368. The summed E-state index contributed by atoms with van der Waals surface area (Å²) in [4.78, 5) is 4.24. The summed E-state index contributed by atoms with van der Waals surface area (Å²) in [6, 6.07) is 7.47. The third-order valence-electron chi connectivity index (χ3n) is 2.18. The van der Waals surface area contributed by atoms with E-state index in [0.29, 0.717) is 0 Å². The number of hydrogen-bond donors (Lipinski definition) is 2. The van der Waals surface area contributed by atoms with Gasteiger partial charge in [-0.3, -0.25) is 15.5 Å². The molecule has 0 amide bonds. The van der Waals surface area contributed by atoms with Crippen molar-refractivity contribution in [2.24, 2.45) is 12.9 Å². The minimum absolute atomic E-state index is 0.160. The summed E-state index contributed by atoms with van der Waals surface area (Å²) >= 11 is 0. The molecule has 1 unspecified atom stereocenters. The molecule has 0 spiro atoms. The highest BCUT2D eigenvalue weighted by Gasteiger charge is 2.15. The van der Waals surface area contributed by atoms with Crippen LogP contribution in [0.15, 0.2) is 36.7 Å².